The van der Waals surface area contributed by atoms with Crippen LogP contribution < -0.4 is 4.72 Å². The molecule has 2 atom stereocenters. The number of sulfonamides is 1. The molecule has 0 radical (unpaired) electrons. The Kier molecular flexibility index (Phi) is 3.57. The molecule has 0 saturated heterocycles. The molecule has 1 saturated carbocycles. The van der Waals surface area contributed by atoms with Crippen molar-refractivity contribution in [2.45, 2.75) is 37.3 Å². The van der Waals surface area contributed by atoms with Crippen molar-refractivity contribution in [2.75, 3.05) is 0 Å². The molecule has 1 fully saturated rings. The van der Waals surface area contributed by atoms with E-state index in [9.17, 15) is 13.5 Å². The van der Waals surface area contributed by atoms with Gasteiger partial charge < -0.3 is 5.11 Å². The molecule has 4 nitrogen and oxygen atoms in total. The molecule has 1 aliphatic carbocycles. The maximum atomic E-state index is 12.2. The first-order valence-electron chi connectivity index (χ1n) is 5.69. The number of rotatable bonds is 3. The van der Waals surface area contributed by atoms with Crippen LogP contribution in [0.2, 0.25) is 0 Å². The van der Waals surface area contributed by atoms with Crippen molar-refractivity contribution < 1.29 is 13.5 Å². The van der Waals surface area contributed by atoms with E-state index in [1.165, 1.54) is 0 Å². The van der Waals surface area contributed by atoms with Crippen LogP contribution >= 0.6 is 15.9 Å². The average molecular weight is 334 g/mol. The summed E-state index contributed by atoms with van der Waals surface area (Å²) in [5.41, 5.74) is -0.418. The van der Waals surface area contributed by atoms with Crippen molar-refractivity contribution in [1.29, 1.82) is 0 Å². The van der Waals surface area contributed by atoms with Crippen molar-refractivity contribution >= 4 is 26.0 Å². The van der Waals surface area contributed by atoms with Gasteiger partial charge in [0.2, 0.25) is 10.0 Å². The monoisotopic (exact) mass is 333 g/mol. The lowest BCUT2D eigenvalue weighted by molar-refractivity contribution is -0.0645. The lowest BCUT2D eigenvalue weighted by Gasteiger charge is -2.49. The molecule has 0 amide bonds. The average Bonchev–Trinajstić information content (AvgIpc) is 2.28. The maximum Gasteiger partial charge on any atom is 0.240 e. The molecule has 0 aliphatic heterocycles. The zero-order valence-electron chi connectivity index (χ0n) is 10.2. The molecule has 18 heavy (non-hydrogen) atoms. The van der Waals surface area contributed by atoms with E-state index in [1.807, 2.05) is 13.8 Å². The zero-order valence-corrected chi connectivity index (χ0v) is 12.6. The van der Waals surface area contributed by atoms with E-state index in [2.05, 4.69) is 20.7 Å². The van der Waals surface area contributed by atoms with Crippen molar-refractivity contribution in [1.82, 2.24) is 4.72 Å². The fraction of sp³-hybridized carbons (Fsp3) is 0.500. The van der Waals surface area contributed by atoms with Gasteiger partial charge in [-0.1, -0.05) is 35.8 Å². The summed E-state index contributed by atoms with van der Waals surface area (Å²) < 4.78 is 27.7. The molecule has 2 N–H and O–H groups in total. The normalized spacial score (nSPS) is 26.7. The topological polar surface area (TPSA) is 66.4 Å². The van der Waals surface area contributed by atoms with Crippen LogP contribution in [-0.4, -0.2) is 25.7 Å². The van der Waals surface area contributed by atoms with Crippen molar-refractivity contribution in [3.05, 3.63) is 28.7 Å². The summed E-state index contributed by atoms with van der Waals surface area (Å²) in [5, 5.41) is 9.62. The third-order valence-corrected chi connectivity index (χ3v) is 5.58. The first-order valence-corrected chi connectivity index (χ1v) is 7.97. The van der Waals surface area contributed by atoms with Gasteiger partial charge >= 0.3 is 0 Å². The fourth-order valence-electron chi connectivity index (χ4n) is 1.99. The van der Waals surface area contributed by atoms with E-state index >= 15 is 0 Å². The highest BCUT2D eigenvalue weighted by molar-refractivity contribution is 9.10. The second kappa shape index (κ2) is 4.59. The predicted octanol–water partition coefficient (Wildman–Crippen LogP) is 1.89. The van der Waals surface area contributed by atoms with Gasteiger partial charge in [0, 0.05) is 15.9 Å². The van der Waals surface area contributed by atoms with E-state index in [-0.39, 0.29) is 10.9 Å². The number of aliphatic hydroxyl groups excluding tert-OH is 1. The molecule has 0 spiro atoms. The van der Waals surface area contributed by atoms with Crippen LogP contribution in [0.25, 0.3) is 0 Å². The number of hydrogen-bond donors (Lipinski definition) is 2. The summed E-state index contributed by atoms with van der Waals surface area (Å²) in [4.78, 5) is 0.231. The highest BCUT2D eigenvalue weighted by Gasteiger charge is 2.48. The molecule has 1 aliphatic rings. The second-order valence-corrected chi connectivity index (χ2v) is 7.83. The van der Waals surface area contributed by atoms with Crippen LogP contribution in [0.3, 0.4) is 0 Å². The summed E-state index contributed by atoms with van der Waals surface area (Å²) in [6.07, 6.45) is 0.00737. The van der Waals surface area contributed by atoms with Crippen LogP contribution in [0.1, 0.15) is 20.3 Å². The maximum absolute atomic E-state index is 12.2. The van der Waals surface area contributed by atoms with Gasteiger partial charge in [0.05, 0.1) is 11.0 Å². The van der Waals surface area contributed by atoms with Crippen LogP contribution in [0.15, 0.2) is 33.6 Å². The van der Waals surface area contributed by atoms with Crippen LogP contribution in [0.5, 0.6) is 0 Å². The molecule has 100 valence electrons. The second-order valence-electron chi connectivity index (χ2n) is 5.20. The predicted molar refractivity (Wildman–Crippen MR) is 72.7 cm³/mol. The van der Waals surface area contributed by atoms with E-state index in [1.54, 1.807) is 24.3 Å². The Bertz CT molecular complexity index is 556. The number of aliphatic hydroxyl groups is 1. The summed E-state index contributed by atoms with van der Waals surface area (Å²) in [5.74, 6) is 0. The quantitative estimate of drug-likeness (QED) is 0.887. The van der Waals surface area contributed by atoms with E-state index < -0.39 is 21.5 Å². The number of benzene rings is 1. The van der Waals surface area contributed by atoms with Gasteiger partial charge in [0.15, 0.2) is 0 Å². The largest absolute Gasteiger partial charge is 0.392 e. The van der Waals surface area contributed by atoms with Crippen molar-refractivity contribution in [3.8, 4) is 0 Å². The van der Waals surface area contributed by atoms with E-state index in [4.69, 9.17) is 0 Å². The Morgan fingerprint density at radius 3 is 2.61 bits per heavy atom. The molecule has 0 aromatic heterocycles. The minimum Gasteiger partial charge on any atom is -0.392 e. The lowest BCUT2D eigenvalue weighted by atomic mass is 9.65. The van der Waals surface area contributed by atoms with Crippen molar-refractivity contribution in [3.63, 3.8) is 0 Å². The van der Waals surface area contributed by atoms with Crippen molar-refractivity contribution in [2.24, 2.45) is 5.41 Å². The molecule has 0 heterocycles. The zero-order chi connectivity index (χ0) is 13.6. The van der Waals surface area contributed by atoms with Gasteiger partial charge in [0.1, 0.15) is 0 Å². The highest BCUT2D eigenvalue weighted by Crippen LogP contribution is 2.41. The van der Waals surface area contributed by atoms with Gasteiger partial charge in [-0.05, 0) is 24.6 Å². The molecule has 1 aromatic rings. The van der Waals surface area contributed by atoms with E-state index in [0.29, 0.717) is 6.42 Å². The first-order chi connectivity index (χ1) is 8.23. The minimum atomic E-state index is -3.53. The Hall–Kier alpha value is -0.430. The van der Waals surface area contributed by atoms with E-state index in [0.717, 1.165) is 4.47 Å². The minimum absolute atomic E-state index is 0.225. The van der Waals surface area contributed by atoms with Gasteiger partial charge in [0.25, 0.3) is 0 Å². The summed E-state index contributed by atoms with van der Waals surface area (Å²) >= 11 is 3.25. The third-order valence-electron chi connectivity index (χ3n) is 3.62. The van der Waals surface area contributed by atoms with Crippen LogP contribution in [0.4, 0.5) is 0 Å². The Morgan fingerprint density at radius 2 is 2.11 bits per heavy atom. The Labute approximate surface area is 116 Å². The molecule has 1 aromatic carbocycles. The Morgan fingerprint density at radius 1 is 1.44 bits per heavy atom. The van der Waals surface area contributed by atoms with Crippen LogP contribution in [0, 0.1) is 5.41 Å². The lowest BCUT2D eigenvalue weighted by Crippen LogP contribution is -2.61. The summed E-state index contributed by atoms with van der Waals surface area (Å²) in [6.45, 7) is 3.71. The smallest absolute Gasteiger partial charge is 0.240 e. The molecule has 0 bridgehead atoms. The van der Waals surface area contributed by atoms with Gasteiger partial charge in [-0.15, -0.1) is 0 Å². The number of hydrogen-bond acceptors (Lipinski definition) is 3. The first kappa shape index (κ1) is 14.0. The molecule has 2 rings (SSSR count). The number of nitrogens with one attached hydrogen (secondary N) is 1. The SMILES string of the molecule is CC1(C)C(O)CC1NS(=O)(=O)c1cccc(Br)c1. The molecule has 6 heteroatoms. The molecular weight excluding hydrogens is 318 g/mol. The summed E-state index contributed by atoms with van der Waals surface area (Å²) in [7, 11) is -3.53. The highest BCUT2D eigenvalue weighted by atomic mass is 79.9. The van der Waals surface area contributed by atoms with Crippen LogP contribution in [-0.2, 0) is 10.0 Å². The van der Waals surface area contributed by atoms with Gasteiger partial charge in [-0.25, -0.2) is 13.1 Å². The van der Waals surface area contributed by atoms with Gasteiger partial charge in [-0.3, -0.25) is 0 Å². The summed E-state index contributed by atoms with van der Waals surface area (Å²) in [6, 6.07) is 6.34. The molecular formula is C12H16BrNO3S. The number of halogens is 1. The molecule has 2 unspecified atom stereocenters. The standard InChI is InChI=1S/C12H16BrNO3S/c1-12(2)10(7-11(12)15)14-18(16,17)9-5-3-4-8(13)6-9/h3-6,10-11,14-15H,7H2,1-2H3. The third kappa shape index (κ3) is 2.47. The fourth-order valence-corrected chi connectivity index (χ4v) is 3.99. The Balaban J connectivity index is 2.19. The van der Waals surface area contributed by atoms with Gasteiger partial charge in [-0.2, -0.15) is 0 Å².